The lowest BCUT2D eigenvalue weighted by Gasteiger charge is -2.11. The summed E-state index contributed by atoms with van der Waals surface area (Å²) < 4.78 is 4.92. The number of carbonyl (C=O) groups excluding carboxylic acids is 2. The molecule has 0 unspecified atom stereocenters. The molecule has 138 valence electrons. The number of hydrogen-bond donors (Lipinski definition) is 2. The first-order valence-electron chi connectivity index (χ1n) is 8.18. The lowest BCUT2D eigenvalue weighted by molar-refractivity contribution is -0.112. The van der Waals surface area contributed by atoms with Crippen LogP contribution in [0.3, 0.4) is 0 Å². The second kappa shape index (κ2) is 10.0. The summed E-state index contributed by atoms with van der Waals surface area (Å²) in [5.74, 6) is -0.959. The third kappa shape index (κ3) is 5.62. The molecule has 27 heavy (non-hydrogen) atoms. The van der Waals surface area contributed by atoms with Gasteiger partial charge in [-0.25, -0.2) is 4.79 Å². The molecule has 0 aliphatic carbocycles. The number of ether oxygens (including phenoxy) is 1. The summed E-state index contributed by atoms with van der Waals surface area (Å²) in [5.41, 5.74) is 1.62. The maximum absolute atomic E-state index is 12.5. The van der Waals surface area contributed by atoms with E-state index in [2.05, 4.69) is 10.6 Å². The van der Waals surface area contributed by atoms with Crippen LogP contribution < -0.4 is 10.6 Å². The Kier molecular flexibility index (Phi) is 7.47. The predicted molar refractivity (Wildman–Crippen MR) is 107 cm³/mol. The molecule has 2 N–H and O–H groups in total. The van der Waals surface area contributed by atoms with Crippen molar-refractivity contribution in [2.75, 3.05) is 23.5 Å². The number of carbonyl (C=O) groups is 2. The van der Waals surface area contributed by atoms with E-state index in [1.54, 1.807) is 37.4 Å². The van der Waals surface area contributed by atoms with Gasteiger partial charge in [0.2, 0.25) is 0 Å². The molecule has 0 saturated heterocycles. The summed E-state index contributed by atoms with van der Waals surface area (Å²) in [5, 5.41) is 15.6. The van der Waals surface area contributed by atoms with E-state index in [1.807, 2.05) is 36.4 Å². The van der Waals surface area contributed by atoms with Gasteiger partial charge in [0.1, 0.15) is 11.6 Å². The lowest BCUT2D eigenvalue weighted by Crippen LogP contribution is -2.17. The number of nitrogens with one attached hydrogen (secondary N) is 2. The highest BCUT2D eigenvalue weighted by Gasteiger charge is 2.16. The van der Waals surface area contributed by atoms with Gasteiger partial charge in [-0.2, -0.15) is 5.26 Å². The van der Waals surface area contributed by atoms with Gasteiger partial charge >= 0.3 is 5.97 Å². The standard InChI is InChI=1S/C20H19N3O3S/c1-3-26-20(25)14-9-11-16(12-10-14)22-18(24)17(13-21)19(27-2)23-15-7-5-4-6-8-15/h4-12,23H,3H2,1-2H3,(H,22,24). The van der Waals surface area contributed by atoms with Crippen molar-refractivity contribution in [3.63, 3.8) is 0 Å². The van der Waals surface area contributed by atoms with Crippen molar-refractivity contribution in [1.82, 2.24) is 0 Å². The summed E-state index contributed by atoms with van der Waals surface area (Å²) in [6, 6.07) is 17.5. The molecule has 0 atom stereocenters. The summed E-state index contributed by atoms with van der Waals surface area (Å²) in [7, 11) is 0. The van der Waals surface area contributed by atoms with Crippen molar-refractivity contribution >= 4 is 35.0 Å². The monoisotopic (exact) mass is 381 g/mol. The van der Waals surface area contributed by atoms with Gasteiger partial charge in [0.05, 0.1) is 17.2 Å². The van der Waals surface area contributed by atoms with Gasteiger partial charge in [-0.3, -0.25) is 4.79 Å². The second-order valence-electron chi connectivity index (χ2n) is 5.26. The molecule has 0 radical (unpaired) electrons. The average Bonchev–Trinajstić information content (AvgIpc) is 2.69. The number of esters is 1. The Labute approximate surface area is 162 Å². The van der Waals surface area contributed by atoms with Gasteiger partial charge in [0.25, 0.3) is 5.91 Å². The van der Waals surface area contributed by atoms with Crippen LogP contribution in [0.2, 0.25) is 0 Å². The van der Waals surface area contributed by atoms with Crippen LogP contribution in [0.1, 0.15) is 17.3 Å². The van der Waals surface area contributed by atoms with E-state index >= 15 is 0 Å². The molecule has 0 aromatic heterocycles. The highest BCUT2D eigenvalue weighted by molar-refractivity contribution is 8.02. The quantitative estimate of drug-likeness (QED) is 0.428. The van der Waals surface area contributed by atoms with E-state index in [9.17, 15) is 14.9 Å². The molecule has 0 fully saturated rings. The second-order valence-corrected chi connectivity index (χ2v) is 6.08. The molecule has 7 heteroatoms. The number of nitriles is 1. The van der Waals surface area contributed by atoms with Gasteiger partial charge in [0, 0.05) is 11.4 Å². The zero-order valence-corrected chi connectivity index (χ0v) is 15.8. The van der Waals surface area contributed by atoms with Crippen LogP contribution in [0.25, 0.3) is 0 Å². The van der Waals surface area contributed by atoms with Crippen LogP contribution in [0, 0.1) is 11.3 Å². The smallest absolute Gasteiger partial charge is 0.338 e. The van der Waals surface area contributed by atoms with Gasteiger partial charge in [-0.15, -0.1) is 11.8 Å². The van der Waals surface area contributed by atoms with E-state index in [0.29, 0.717) is 22.9 Å². The molecule has 6 nitrogen and oxygen atoms in total. The van der Waals surface area contributed by atoms with Gasteiger partial charge in [-0.05, 0) is 49.6 Å². The van der Waals surface area contributed by atoms with Crippen LogP contribution in [-0.2, 0) is 9.53 Å². The topological polar surface area (TPSA) is 91.2 Å². The van der Waals surface area contributed by atoms with Crippen LogP contribution in [-0.4, -0.2) is 24.7 Å². The number of hydrogen-bond acceptors (Lipinski definition) is 6. The maximum atomic E-state index is 12.5. The van der Waals surface area contributed by atoms with Crippen molar-refractivity contribution in [3.05, 3.63) is 70.8 Å². The maximum Gasteiger partial charge on any atom is 0.338 e. The molecule has 0 heterocycles. The highest BCUT2D eigenvalue weighted by Crippen LogP contribution is 2.21. The molecule has 0 aliphatic heterocycles. The molecule has 2 aromatic carbocycles. The molecular formula is C20H19N3O3S. The van der Waals surface area contributed by atoms with Crippen molar-refractivity contribution in [1.29, 1.82) is 5.26 Å². The van der Waals surface area contributed by atoms with Crippen LogP contribution in [0.5, 0.6) is 0 Å². The minimum absolute atomic E-state index is 0.0270. The largest absolute Gasteiger partial charge is 0.462 e. The Bertz CT molecular complexity index is 872. The van der Waals surface area contributed by atoms with Crippen molar-refractivity contribution < 1.29 is 14.3 Å². The van der Waals surface area contributed by atoms with Crippen LogP contribution >= 0.6 is 11.8 Å². The van der Waals surface area contributed by atoms with Crippen LogP contribution in [0.4, 0.5) is 11.4 Å². The Morgan fingerprint density at radius 3 is 2.22 bits per heavy atom. The lowest BCUT2D eigenvalue weighted by atomic mass is 10.2. The number of anilines is 2. The van der Waals surface area contributed by atoms with E-state index in [-0.39, 0.29) is 5.57 Å². The van der Waals surface area contributed by atoms with Crippen LogP contribution in [0.15, 0.2) is 65.2 Å². The fourth-order valence-electron chi connectivity index (χ4n) is 2.17. The Morgan fingerprint density at radius 2 is 1.67 bits per heavy atom. The average molecular weight is 381 g/mol. The molecular weight excluding hydrogens is 362 g/mol. The number of nitrogens with zero attached hydrogens (tertiary/aromatic N) is 1. The fraction of sp³-hybridized carbons (Fsp3) is 0.150. The molecule has 2 rings (SSSR count). The van der Waals surface area contributed by atoms with E-state index in [1.165, 1.54) is 11.8 Å². The number of benzene rings is 2. The zero-order valence-electron chi connectivity index (χ0n) is 15.0. The number of para-hydroxylation sites is 1. The fourth-order valence-corrected chi connectivity index (χ4v) is 2.73. The number of amides is 1. The SMILES string of the molecule is CCOC(=O)c1ccc(NC(=O)C(C#N)=C(Nc2ccccc2)SC)cc1. The van der Waals surface area contributed by atoms with E-state index in [0.717, 1.165) is 5.69 Å². The Hall–Kier alpha value is -3.24. The van der Waals surface area contributed by atoms with E-state index in [4.69, 9.17) is 4.74 Å². The van der Waals surface area contributed by atoms with Gasteiger partial charge in [0.15, 0.2) is 0 Å². The van der Waals surface area contributed by atoms with Gasteiger partial charge in [-0.1, -0.05) is 18.2 Å². The number of rotatable bonds is 7. The molecule has 0 spiro atoms. The minimum atomic E-state index is -0.533. The Balaban J connectivity index is 2.16. The van der Waals surface area contributed by atoms with Gasteiger partial charge < -0.3 is 15.4 Å². The van der Waals surface area contributed by atoms with E-state index < -0.39 is 11.9 Å². The third-order valence-electron chi connectivity index (χ3n) is 3.46. The third-order valence-corrected chi connectivity index (χ3v) is 4.17. The zero-order chi connectivity index (χ0) is 19.6. The summed E-state index contributed by atoms with van der Waals surface area (Å²) in [4.78, 5) is 24.2. The highest BCUT2D eigenvalue weighted by atomic mass is 32.2. The summed E-state index contributed by atoms with van der Waals surface area (Å²) in [6.07, 6.45) is 1.78. The first kappa shape index (κ1) is 20.1. The molecule has 2 aromatic rings. The molecule has 0 aliphatic rings. The number of thioether (sulfide) groups is 1. The molecule has 1 amide bonds. The normalized spacial score (nSPS) is 11.0. The molecule has 0 saturated carbocycles. The van der Waals surface area contributed by atoms with Crippen molar-refractivity contribution in [2.45, 2.75) is 6.92 Å². The minimum Gasteiger partial charge on any atom is -0.462 e. The van der Waals surface area contributed by atoms with Crippen molar-refractivity contribution in [2.24, 2.45) is 0 Å². The summed E-state index contributed by atoms with van der Waals surface area (Å²) in [6.45, 7) is 2.02. The molecule has 0 bridgehead atoms. The Morgan fingerprint density at radius 1 is 1.04 bits per heavy atom. The first-order chi connectivity index (χ1) is 13.1. The predicted octanol–water partition coefficient (Wildman–Crippen LogP) is 4.01. The van der Waals surface area contributed by atoms with Crippen molar-refractivity contribution in [3.8, 4) is 6.07 Å². The first-order valence-corrected chi connectivity index (χ1v) is 9.40. The summed E-state index contributed by atoms with van der Waals surface area (Å²) >= 11 is 1.27.